The number of amidine groups is 1. The Morgan fingerprint density at radius 2 is 2.29 bits per heavy atom. The summed E-state index contributed by atoms with van der Waals surface area (Å²) in [6.45, 7) is 2.99. The molecule has 116 valence electrons. The van der Waals surface area contributed by atoms with Gasteiger partial charge in [0.2, 0.25) is 0 Å². The zero-order chi connectivity index (χ0) is 15.4. The minimum Gasteiger partial charge on any atom is -0.409 e. The number of piperidine rings is 1. The number of nitrogens with zero attached hydrogens (tertiary/aromatic N) is 3. The molecular formula is C15H23ClN4O. The summed E-state index contributed by atoms with van der Waals surface area (Å²) in [5, 5.41) is 12.4. The molecule has 1 atom stereocenters. The van der Waals surface area contributed by atoms with E-state index >= 15 is 0 Å². The summed E-state index contributed by atoms with van der Waals surface area (Å²) in [7, 11) is 4.26. The summed E-state index contributed by atoms with van der Waals surface area (Å²) in [6, 6.07) is 6.15. The molecule has 5 nitrogen and oxygen atoms in total. The predicted octanol–water partition coefficient (Wildman–Crippen LogP) is 1.96. The third-order valence-electron chi connectivity index (χ3n) is 4.06. The third-order valence-corrected chi connectivity index (χ3v) is 4.41. The molecule has 1 aromatic rings. The Bertz CT molecular complexity index is 518. The van der Waals surface area contributed by atoms with Crippen LogP contribution in [-0.4, -0.2) is 54.1 Å². The molecule has 1 heterocycles. The van der Waals surface area contributed by atoms with E-state index in [1.54, 1.807) is 6.07 Å². The van der Waals surface area contributed by atoms with Gasteiger partial charge in [-0.05, 0) is 45.1 Å². The van der Waals surface area contributed by atoms with E-state index in [-0.39, 0.29) is 5.84 Å². The SMILES string of the molecule is CN(C)C1CCCN(Cc2ccc(/C(N)=N/O)cc2Cl)C1. The van der Waals surface area contributed by atoms with Crippen molar-refractivity contribution in [3.63, 3.8) is 0 Å². The van der Waals surface area contributed by atoms with E-state index in [0.29, 0.717) is 16.6 Å². The lowest BCUT2D eigenvalue weighted by Gasteiger charge is -2.36. The number of nitrogens with two attached hydrogens (primary N) is 1. The average Bonchev–Trinajstić information content (AvgIpc) is 2.48. The number of hydrogen-bond acceptors (Lipinski definition) is 4. The number of halogens is 1. The second kappa shape index (κ2) is 7.11. The molecule has 1 unspecified atom stereocenters. The zero-order valence-electron chi connectivity index (χ0n) is 12.6. The van der Waals surface area contributed by atoms with Crippen molar-refractivity contribution in [2.75, 3.05) is 27.2 Å². The molecule has 1 aliphatic rings. The molecule has 1 aromatic carbocycles. The van der Waals surface area contributed by atoms with Gasteiger partial charge in [0.1, 0.15) is 0 Å². The lowest BCUT2D eigenvalue weighted by Crippen LogP contribution is -2.44. The number of likely N-dealkylation sites (N-methyl/N-ethyl adjacent to an activating group) is 1. The van der Waals surface area contributed by atoms with Crippen LogP contribution in [0.1, 0.15) is 24.0 Å². The van der Waals surface area contributed by atoms with Gasteiger partial charge in [-0.3, -0.25) is 4.90 Å². The van der Waals surface area contributed by atoms with Crippen molar-refractivity contribution < 1.29 is 5.21 Å². The normalized spacial score (nSPS) is 21.0. The third kappa shape index (κ3) is 4.09. The minimum absolute atomic E-state index is 0.0779. The van der Waals surface area contributed by atoms with Crippen LogP contribution in [0.5, 0.6) is 0 Å². The maximum atomic E-state index is 8.70. The molecule has 0 bridgehead atoms. The van der Waals surface area contributed by atoms with E-state index in [1.165, 1.54) is 12.8 Å². The van der Waals surface area contributed by atoms with Crippen LogP contribution in [-0.2, 0) is 6.54 Å². The molecule has 0 saturated carbocycles. The van der Waals surface area contributed by atoms with Gasteiger partial charge in [0.25, 0.3) is 0 Å². The predicted molar refractivity (Wildman–Crippen MR) is 85.9 cm³/mol. The van der Waals surface area contributed by atoms with Crippen molar-refractivity contribution in [2.45, 2.75) is 25.4 Å². The first kappa shape index (κ1) is 16.1. The van der Waals surface area contributed by atoms with Crippen LogP contribution >= 0.6 is 11.6 Å². The van der Waals surface area contributed by atoms with Gasteiger partial charge in [0, 0.05) is 29.7 Å². The fourth-order valence-corrected chi connectivity index (χ4v) is 2.97. The Kier molecular flexibility index (Phi) is 5.45. The van der Waals surface area contributed by atoms with Crippen LogP contribution in [0.15, 0.2) is 23.4 Å². The van der Waals surface area contributed by atoms with E-state index in [4.69, 9.17) is 22.5 Å². The molecule has 1 saturated heterocycles. The molecule has 1 fully saturated rings. The van der Waals surface area contributed by atoms with Crippen molar-refractivity contribution in [3.05, 3.63) is 34.3 Å². The maximum absolute atomic E-state index is 8.70. The molecular weight excluding hydrogens is 288 g/mol. The van der Waals surface area contributed by atoms with Gasteiger partial charge in [0.05, 0.1) is 0 Å². The highest BCUT2D eigenvalue weighted by Crippen LogP contribution is 2.22. The monoisotopic (exact) mass is 310 g/mol. The van der Waals surface area contributed by atoms with Gasteiger partial charge in [-0.15, -0.1) is 0 Å². The van der Waals surface area contributed by atoms with Gasteiger partial charge in [-0.1, -0.05) is 28.9 Å². The van der Waals surface area contributed by atoms with Crippen LogP contribution in [0.25, 0.3) is 0 Å². The molecule has 0 amide bonds. The van der Waals surface area contributed by atoms with Crippen molar-refractivity contribution in [2.24, 2.45) is 10.9 Å². The summed E-state index contributed by atoms with van der Waals surface area (Å²) in [5.41, 5.74) is 7.28. The number of oxime groups is 1. The van der Waals surface area contributed by atoms with E-state index in [2.05, 4.69) is 29.1 Å². The van der Waals surface area contributed by atoms with Gasteiger partial charge < -0.3 is 15.8 Å². The van der Waals surface area contributed by atoms with E-state index in [0.717, 1.165) is 25.2 Å². The van der Waals surface area contributed by atoms with Crippen LogP contribution in [0.2, 0.25) is 5.02 Å². The van der Waals surface area contributed by atoms with Crippen molar-refractivity contribution in [3.8, 4) is 0 Å². The Hall–Kier alpha value is -1.30. The van der Waals surface area contributed by atoms with Crippen molar-refractivity contribution in [1.82, 2.24) is 9.80 Å². The fraction of sp³-hybridized carbons (Fsp3) is 0.533. The summed E-state index contributed by atoms with van der Waals surface area (Å²) in [4.78, 5) is 4.72. The fourth-order valence-electron chi connectivity index (χ4n) is 2.73. The van der Waals surface area contributed by atoms with Gasteiger partial charge >= 0.3 is 0 Å². The van der Waals surface area contributed by atoms with Gasteiger partial charge in [-0.25, -0.2) is 0 Å². The summed E-state index contributed by atoms with van der Waals surface area (Å²) >= 11 is 6.32. The molecule has 2 rings (SSSR count). The second-order valence-corrected chi connectivity index (χ2v) is 6.19. The quantitative estimate of drug-likeness (QED) is 0.386. The zero-order valence-corrected chi connectivity index (χ0v) is 13.3. The smallest absolute Gasteiger partial charge is 0.170 e. The Morgan fingerprint density at radius 3 is 2.90 bits per heavy atom. The molecule has 1 aliphatic heterocycles. The lowest BCUT2D eigenvalue weighted by molar-refractivity contribution is 0.128. The largest absolute Gasteiger partial charge is 0.409 e. The summed E-state index contributed by atoms with van der Waals surface area (Å²) < 4.78 is 0. The molecule has 0 aliphatic carbocycles. The number of benzene rings is 1. The highest BCUT2D eigenvalue weighted by Gasteiger charge is 2.21. The van der Waals surface area contributed by atoms with Crippen molar-refractivity contribution in [1.29, 1.82) is 0 Å². The summed E-state index contributed by atoms with van der Waals surface area (Å²) in [6.07, 6.45) is 2.46. The van der Waals surface area contributed by atoms with E-state index < -0.39 is 0 Å². The molecule has 21 heavy (non-hydrogen) atoms. The first-order valence-electron chi connectivity index (χ1n) is 7.16. The van der Waals surface area contributed by atoms with Gasteiger partial charge in [0.15, 0.2) is 5.84 Å². The first-order chi connectivity index (χ1) is 10.0. The van der Waals surface area contributed by atoms with E-state index in [1.807, 2.05) is 12.1 Å². The Balaban J connectivity index is 2.06. The van der Waals surface area contributed by atoms with Crippen LogP contribution in [0, 0.1) is 0 Å². The second-order valence-electron chi connectivity index (χ2n) is 5.79. The van der Waals surface area contributed by atoms with Gasteiger partial charge in [-0.2, -0.15) is 0 Å². The first-order valence-corrected chi connectivity index (χ1v) is 7.54. The number of likely N-dealkylation sites (tertiary alicyclic amines) is 1. The van der Waals surface area contributed by atoms with E-state index in [9.17, 15) is 0 Å². The Morgan fingerprint density at radius 1 is 1.52 bits per heavy atom. The number of rotatable bonds is 4. The molecule has 0 aromatic heterocycles. The minimum atomic E-state index is 0.0779. The number of hydrogen-bond donors (Lipinski definition) is 2. The Labute approximate surface area is 131 Å². The van der Waals surface area contributed by atoms with Crippen LogP contribution in [0.3, 0.4) is 0 Å². The molecule has 0 radical (unpaired) electrons. The average molecular weight is 311 g/mol. The maximum Gasteiger partial charge on any atom is 0.170 e. The molecule has 0 spiro atoms. The molecule has 3 N–H and O–H groups in total. The summed E-state index contributed by atoms with van der Waals surface area (Å²) in [5.74, 6) is 0.0779. The highest BCUT2D eigenvalue weighted by molar-refractivity contribution is 6.31. The molecule has 6 heteroatoms. The lowest BCUT2D eigenvalue weighted by atomic mass is 10.0. The topological polar surface area (TPSA) is 65.1 Å². The van der Waals surface area contributed by atoms with Crippen molar-refractivity contribution >= 4 is 17.4 Å². The highest BCUT2D eigenvalue weighted by atomic mass is 35.5. The standard InChI is InChI=1S/C15H23ClN4O/c1-19(2)13-4-3-7-20(10-13)9-12-6-5-11(8-14(12)16)15(17)18-21/h5-6,8,13,21H,3-4,7,9-10H2,1-2H3,(H2,17,18). The van der Waals surface area contributed by atoms with Crippen LogP contribution < -0.4 is 5.73 Å². The van der Waals surface area contributed by atoms with Crippen LogP contribution in [0.4, 0.5) is 0 Å².